The Balaban J connectivity index is 2.00. The van der Waals surface area contributed by atoms with Crippen molar-refractivity contribution in [3.05, 3.63) is 54.1 Å². The second-order valence-electron chi connectivity index (χ2n) is 7.21. The average molecular weight is 399 g/mol. The predicted molar refractivity (Wildman–Crippen MR) is 115 cm³/mol. The molecule has 0 aromatic heterocycles. The van der Waals surface area contributed by atoms with Crippen molar-refractivity contribution in [1.82, 2.24) is 5.32 Å². The first-order chi connectivity index (χ1) is 13.8. The smallest absolute Gasteiger partial charge is 0.242 e. The molecular weight excluding hydrogens is 368 g/mol. The van der Waals surface area contributed by atoms with Crippen LogP contribution in [0.1, 0.15) is 26.3 Å². The molecular formula is C23H30N2O4. The number of nitrogens with zero attached hydrogens (tertiary/aromatic N) is 1. The summed E-state index contributed by atoms with van der Waals surface area (Å²) >= 11 is 0. The Morgan fingerprint density at radius 3 is 2.24 bits per heavy atom. The van der Waals surface area contributed by atoms with Gasteiger partial charge in [0.1, 0.15) is 5.41 Å². The lowest BCUT2D eigenvalue weighted by Gasteiger charge is -2.30. The predicted octanol–water partition coefficient (Wildman–Crippen LogP) is 3.44. The van der Waals surface area contributed by atoms with Gasteiger partial charge in [0, 0.05) is 18.8 Å². The molecule has 6 nitrogen and oxygen atoms in total. The Morgan fingerprint density at radius 2 is 1.66 bits per heavy atom. The van der Waals surface area contributed by atoms with Gasteiger partial charge in [-0.05, 0) is 57.0 Å². The molecule has 2 rings (SSSR count). The third kappa shape index (κ3) is 5.28. The monoisotopic (exact) mass is 398 g/mol. The maximum atomic E-state index is 13.1. The highest BCUT2D eigenvalue weighted by Gasteiger charge is 2.39. The van der Waals surface area contributed by atoms with Crippen molar-refractivity contribution in [2.24, 2.45) is 5.41 Å². The first kappa shape index (κ1) is 22.3. The van der Waals surface area contributed by atoms with E-state index in [0.717, 1.165) is 11.3 Å². The molecule has 0 radical (unpaired) electrons. The van der Waals surface area contributed by atoms with E-state index in [1.165, 1.54) is 0 Å². The van der Waals surface area contributed by atoms with Gasteiger partial charge < -0.3 is 19.7 Å². The number of benzene rings is 2. The van der Waals surface area contributed by atoms with Crippen LogP contribution in [0.4, 0.5) is 5.69 Å². The standard InChI is InChI=1S/C23H30N2O4/c1-6-25(18-10-8-7-9-11-18)22(27)23(2,3)21(26)24-15-14-17-12-13-19(28-4)20(16-17)29-5/h7-13,16H,6,14-15H2,1-5H3,(H,24,26). The highest BCUT2D eigenvalue weighted by Crippen LogP contribution is 2.28. The van der Waals surface area contributed by atoms with Crippen LogP contribution in [0.3, 0.4) is 0 Å². The van der Waals surface area contributed by atoms with E-state index in [2.05, 4.69) is 5.32 Å². The van der Waals surface area contributed by atoms with E-state index >= 15 is 0 Å². The third-order valence-corrected chi connectivity index (χ3v) is 4.88. The van der Waals surface area contributed by atoms with E-state index in [4.69, 9.17) is 9.47 Å². The number of hydrogen-bond donors (Lipinski definition) is 1. The number of para-hydroxylation sites is 1. The molecule has 2 aromatic rings. The van der Waals surface area contributed by atoms with Gasteiger partial charge in [0.15, 0.2) is 11.5 Å². The van der Waals surface area contributed by atoms with E-state index in [1.54, 1.807) is 33.0 Å². The first-order valence-electron chi connectivity index (χ1n) is 9.71. The molecule has 6 heteroatoms. The molecule has 0 aliphatic heterocycles. The summed E-state index contributed by atoms with van der Waals surface area (Å²) in [6, 6.07) is 15.0. The van der Waals surface area contributed by atoms with E-state index in [1.807, 2.05) is 55.5 Å². The number of carbonyl (C=O) groups excluding carboxylic acids is 2. The second kappa shape index (κ2) is 9.96. The minimum Gasteiger partial charge on any atom is -0.493 e. The Labute approximate surface area is 172 Å². The molecule has 0 aliphatic carbocycles. The Hall–Kier alpha value is -3.02. The van der Waals surface area contributed by atoms with Crippen LogP contribution in [-0.4, -0.2) is 39.1 Å². The van der Waals surface area contributed by atoms with Gasteiger partial charge in [-0.15, -0.1) is 0 Å². The average Bonchev–Trinajstić information content (AvgIpc) is 2.74. The Bertz CT molecular complexity index is 834. The van der Waals surface area contributed by atoms with Crippen molar-refractivity contribution in [2.45, 2.75) is 27.2 Å². The lowest BCUT2D eigenvalue weighted by atomic mass is 9.90. The quantitative estimate of drug-likeness (QED) is 0.657. The molecule has 29 heavy (non-hydrogen) atoms. The van der Waals surface area contributed by atoms with Crippen molar-refractivity contribution in [3.8, 4) is 11.5 Å². The van der Waals surface area contributed by atoms with Crippen molar-refractivity contribution in [2.75, 3.05) is 32.2 Å². The van der Waals surface area contributed by atoms with Gasteiger partial charge in [-0.25, -0.2) is 0 Å². The highest BCUT2D eigenvalue weighted by molar-refractivity contribution is 6.11. The van der Waals surface area contributed by atoms with Crippen LogP contribution < -0.4 is 19.7 Å². The van der Waals surface area contributed by atoms with Gasteiger partial charge in [0.05, 0.1) is 14.2 Å². The van der Waals surface area contributed by atoms with E-state index < -0.39 is 5.41 Å². The molecule has 0 unspecified atom stereocenters. The molecule has 2 amide bonds. The summed E-state index contributed by atoms with van der Waals surface area (Å²) in [6.07, 6.45) is 0.618. The molecule has 0 aliphatic rings. The number of anilines is 1. The molecule has 0 heterocycles. The molecule has 0 saturated carbocycles. The van der Waals surface area contributed by atoms with Gasteiger partial charge in [-0.3, -0.25) is 9.59 Å². The Kier molecular flexibility index (Phi) is 7.65. The molecule has 156 valence electrons. The molecule has 0 bridgehead atoms. The highest BCUT2D eigenvalue weighted by atomic mass is 16.5. The summed E-state index contributed by atoms with van der Waals surface area (Å²) in [4.78, 5) is 27.5. The van der Waals surface area contributed by atoms with Crippen molar-refractivity contribution < 1.29 is 19.1 Å². The van der Waals surface area contributed by atoms with Gasteiger partial charge in [-0.1, -0.05) is 24.3 Å². The topological polar surface area (TPSA) is 67.9 Å². The van der Waals surface area contributed by atoms with Crippen LogP contribution >= 0.6 is 0 Å². The maximum Gasteiger partial charge on any atom is 0.242 e. The fourth-order valence-electron chi connectivity index (χ4n) is 3.06. The third-order valence-electron chi connectivity index (χ3n) is 4.88. The summed E-state index contributed by atoms with van der Waals surface area (Å²) in [5.41, 5.74) is 0.612. The molecule has 2 aromatic carbocycles. The van der Waals surface area contributed by atoms with Gasteiger partial charge in [-0.2, -0.15) is 0 Å². The second-order valence-corrected chi connectivity index (χ2v) is 7.21. The fraction of sp³-hybridized carbons (Fsp3) is 0.391. The zero-order valence-corrected chi connectivity index (χ0v) is 17.8. The molecule has 0 spiro atoms. The fourth-order valence-corrected chi connectivity index (χ4v) is 3.06. The molecule has 1 N–H and O–H groups in total. The summed E-state index contributed by atoms with van der Waals surface area (Å²) in [7, 11) is 3.18. The zero-order valence-electron chi connectivity index (χ0n) is 17.8. The summed E-state index contributed by atoms with van der Waals surface area (Å²) in [6.45, 7) is 6.13. The van der Waals surface area contributed by atoms with E-state index in [0.29, 0.717) is 31.0 Å². The van der Waals surface area contributed by atoms with Crippen LogP contribution in [0, 0.1) is 5.41 Å². The number of carbonyl (C=O) groups is 2. The van der Waals surface area contributed by atoms with Gasteiger partial charge in [0.25, 0.3) is 0 Å². The zero-order chi connectivity index (χ0) is 21.4. The van der Waals surface area contributed by atoms with Gasteiger partial charge >= 0.3 is 0 Å². The number of nitrogens with one attached hydrogen (secondary N) is 1. The summed E-state index contributed by atoms with van der Waals surface area (Å²) in [5, 5.41) is 2.89. The van der Waals surface area contributed by atoms with Gasteiger partial charge in [0.2, 0.25) is 11.8 Å². The van der Waals surface area contributed by atoms with Crippen LogP contribution in [0.2, 0.25) is 0 Å². The van der Waals surface area contributed by atoms with E-state index in [-0.39, 0.29) is 11.8 Å². The minimum absolute atomic E-state index is 0.227. The largest absolute Gasteiger partial charge is 0.493 e. The Morgan fingerprint density at radius 1 is 1.00 bits per heavy atom. The van der Waals surface area contributed by atoms with Crippen LogP contribution in [0.25, 0.3) is 0 Å². The van der Waals surface area contributed by atoms with Crippen molar-refractivity contribution in [1.29, 1.82) is 0 Å². The number of amides is 2. The summed E-state index contributed by atoms with van der Waals surface area (Å²) < 4.78 is 10.5. The number of rotatable bonds is 9. The lowest BCUT2D eigenvalue weighted by molar-refractivity contribution is -0.139. The van der Waals surface area contributed by atoms with E-state index in [9.17, 15) is 9.59 Å². The SMILES string of the molecule is CCN(C(=O)C(C)(C)C(=O)NCCc1ccc(OC)c(OC)c1)c1ccccc1. The van der Waals surface area contributed by atoms with Crippen molar-refractivity contribution in [3.63, 3.8) is 0 Å². The normalized spacial score (nSPS) is 10.9. The molecule has 0 saturated heterocycles. The molecule has 0 atom stereocenters. The van der Waals surface area contributed by atoms with Crippen molar-refractivity contribution >= 4 is 17.5 Å². The lowest BCUT2D eigenvalue weighted by Crippen LogP contribution is -2.50. The van der Waals surface area contributed by atoms with Crippen LogP contribution in [-0.2, 0) is 16.0 Å². The van der Waals surface area contributed by atoms with Crippen LogP contribution in [0.15, 0.2) is 48.5 Å². The maximum absolute atomic E-state index is 13.1. The number of ether oxygens (including phenoxy) is 2. The molecule has 0 fully saturated rings. The number of methoxy groups -OCH3 is 2. The first-order valence-corrected chi connectivity index (χ1v) is 9.71. The summed E-state index contributed by atoms with van der Waals surface area (Å²) in [5.74, 6) is 0.785. The minimum atomic E-state index is -1.18. The number of hydrogen-bond acceptors (Lipinski definition) is 4. The van der Waals surface area contributed by atoms with Crippen LogP contribution in [0.5, 0.6) is 11.5 Å².